The summed E-state index contributed by atoms with van der Waals surface area (Å²) < 4.78 is 0. The minimum atomic E-state index is -0.0791. The molecule has 5 atom stereocenters. The number of piperidine rings is 1. The van der Waals surface area contributed by atoms with E-state index in [2.05, 4.69) is 70.7 Å². The highest BCUT2D eigenvalue weighted by Gasteiger charge is 2.47. The van der Waals surface area contributed by atoms with Crippen LogP contribution < -0.4 is 0 Å². The number of benzene rings is 1. The predicted octanol–water partition coefficient (Wildman–Crippen LogP) is 5.28. The van der Waals surface area contributed by atoms with E-state index in [1.54, 1.807) is 0 Å². The van der Waals surface area contributed by atoms with Crippen LogP contribution in [0.1, 0.15) is 71.9 Å². The SMILES string of the molecule is CC(Cc1ccc(C(C)(C)C)cc1)CN1CC[C@@H]2[C@@H](C)[C@H](O)CC[C@@]2(C)C1. The Hall–Kier alpha value is -0.860. The Morgan fingerprint density at radius 2 is 1.85 bits per heavy atom. The second kappa shape index (κ2) is 7.87. The Bertz CT molecular complexity index is 616. The largest absolute Gasteiger partial charge is 0.393 e. The Morgan fingerprint density at radius 1 is 1.19 bits per heavy atom. The first-order valence-corrected chi connectivity index (χ1v) is 11.1. The zero-order chi connectivity index (χ0) is 19.8. The molecule has 152 valence electrons. The van der Waals surface area contributed by atoms with E-state index in [4.69, 9.17) is 0 Å². The van der Waals surface area contributed by atoms with Gasteiger partial charge >= 0.3 is 0 Å². The molecule has 2 fully saturated rings. The van der Waals surface area contributed by atoms with Crippen LogP contribution in [0.5, 0.6) is 0 Å². The molecule has 1 heterocycles. The molecular formula is C25H41NO. The van der Waals surface area contributed by atoms with Gasteiger partial charge in [-0.25, -0.2) is 0 Å². The zero-order valence-electron chi connectivity index (χ0n) is 18.5. The van der Waals surface area contributed by atoms with Crippen molar-refractivity contribution < 1.29 is 5.11 Å². The molecule has 1 saturated carbocycles. The Kier molecular flexibility index (Phi) is 6.08. The van der Waals surface area contributed by atoms with Gasteiger partial charge in [-0.2, -0.15) is 0 Å². The average Bonchev–Trinajstić information content (AvgIpc) is 2.58. The molecule has 27 heavy (non-hydrogen) atoms. The summed E-state index contributed by atoms with van der Waals surface area (Å²) in [5.74, 6) is 1.83. The summed E-state index contributed by atoms with van der Waals surface area (Å²) in [6, 6.07) is 9.27. The highest BCUT2D eigenvalue weighted by molar-refractivity contribution is 5.27. The maximum atomic E-state index is 10.3. The molecule has 0 aromatic heterocycles. The summed E-state index contributed by atoms with van der Waals surface area (Å²) in [5, 5.41) is 10.3. The topological polar surface area (TPSA) is 23.5 Å². The number of nitrogens with zero attached hydrogens (tertiary/aromatic N) is 1. The molecule has 2 aliphatic rings. The molecule has 1 aliphatic heterocycles. The van der Waals surface area contributed by atoms with Gasteiger partial charge in [-0.1, -0.05) is 65.8 Å². The summed E-state index contributed by atoms with van der Waals surface area (Å²) in [4.78, 5) is 2.70. The van der Waals surface area contributed by atoms with Gasteiger partial charge in [-0.15, -0.1) is 0 Å². The summed E-state index contributed by atoms with van der Waals surface area (Å²) in [5.41, 5.74) is 3.51. The lowest BCUT2D eigenvalue weighted by Gasteiger charge is -2.53. The molecule has 1 aromatic carbocycles. The smallest absolute Gasteiger partial charge is 0.0568 e. The first kappa shape index (κ1) is 20.9. The fourth-order valence-electron chi connectivity index (χ4n) is 5.75. The molecule has 2 heteroatoms. The van der Waals surface area contributed by atoms with Crippen molar-refractivity contribution in [3.63, 3.8) is 0 Å². The maximum absolute atomic E-state index is 10.3. The van der Waals surface area contributed by atoms with E-state index in [1.165, 1.54) is 43.6 Å². The van der Waals surface area contributed by atoms with Gasteiger partial charge in [-0.05, 0) is 71.9 Å². The van der Waals surface area contributed by atoms with E-state index in [0.717, 1.165) is 12.8 Å². The third-order valence-corrected chi connectivity index (χ3v) is 7.46. The first-order valence-electron chi connectivity index (χ1n) is 11.1. The normalized spacial score (nSPS) is 33.5. The third-order valence-electron chi connectivity index (χ3n) is 7.46. The third kappa shape index (κ3) is 4.77. The summed E-state index contributed by atoms with van der Waals surface area (Å²) in [6.07, 6.45) is 4.50. The zero-order valence-corrected chi connectivity index (χ0v) is 18.5. The van der Waals surface area contributed by atoms with Crippen LogP contribution in [0.25, 0.3) is 0 Å². The second-order valence-corrected chi connectivity index (χ2v) is 11.0. The van der Waals surface area contributed by atoms with E-state index in [9.17, 15) is 5.11 Å². The lowest BCUT2D eigenvalue weighted by molar-refractivity contribution is -0.0786. The molecule has 1 unspecified atom stereocenters. The Balaban J connectivity index is 1.55. The molecule has 1 aromatic rings. The molecule has 0 bridgehead atoms. The minimum absolute atomic E-state index is 0.0791. The van der Waals surface area contributed by atoms with E-state index in [0.29, 0.717) is 23.2 Å². The fourth-order valence-corrected chi connectivity index (χ4v) is 5.75. The highest BCUT2D eigenvalue weighted by Crippen LogP contribution is 2.48. The number of likely N-dealkylation sites (tertiary alicyclic amines) is 1. The standard InChI is InChI=1S/C25H41NO/c1-18(15-20-7-9-21(10-8-20)24(3,4)5)16-26-14-12-22-19(2)23(27)11-13-25(22,6)17-26/h7-10,18-19,22-23,27H,11-17H2,1-6H3/t18?,19-,22-,23-,25+/m1/s1. The van der Waals surface area contributed by atoms with Crippen molar-refractivity contribution >= 4 is 0 Å². The number of rotatable bonds is 4. The molecule has 0 spiro atoms. The number of fused-ring (bicyclic) bond motifs is 1. The van der Waals surface area contributed by atoms with Crippen molar-refractivity contribution in [1.29, 1.82) is 0 Å². The van der Waals surface area contributed by atoms with Crippen molar-refractivity contribution in [2.45, 2.75) is 78.7 Å². The fraction of sp³-hybridized carbons (Fsp3) is 0.760. The summed E-state index contributed by atoms with van der Waals surface area (Å²) in [6.45, 7) is 17.6. The first-order chi connectivity index (χ1) is 12.6. The number of hydrogen-bond donors (Lipinski definition) is 1. The molecule has 1 N–H and O–H groups in total. The van der Waals surface area contributed by atoms with E-state index in [1.807, 2.05) is 0 Å². The Morgan fingerprint density at radius 3 is 2.48 bits per heavy atom. The molecule has 2 nitrogen and oxygen atoms in total. The number of aliphatic hydroxyl groups excluding tert-OH is 1. The lowest BCUT2D eigenvalue weighted by atomic mass is 9.59. The molecule has 3 rings (SSSR count). The van der Waals surface area contributed by atoms with Crippen LogP contribution >= 0.6 is 0 Å². The number of hydrogen-bond acceptors (Lipinski definition) is 2. The van der Waals surface area contributed by atoms with Gasteiger partial charge < -0.3 is 10.0 Å². The van der Waals surface area contributed by atoms with Crippen molar-refractivity contribution in [3.8, 4) is 0 Å². The van der Waals surface area contributed by atoms with Gasteiger partial charge in [0.25, 0.3) is 0 Å². The van der Waals surface area contributed by atoms with Crippen LogP contribution in [-0.4, -0.2) is 35.7 Å². The van der Waals surface area contributed by atoms with Gasteiger partial charge in [0, 0.05) is 13.1 Å². The average molecular weight is 372 g/mol. The van der Waals surface area contributed by atoms with Crippen molar-refractivity contribution in [1.82, 2.24) is 4.90 Å². The van der Waals surface area contributed by atoms with E-state index < -0.39 is 0 Å². The van der Waals surface area contributed by atoms with Gasteiger partial charge in [0.05, 0.1) is 6.10 Å². The van der Waals surface area contributed by atoms with Crippen molar-refractivity contribution in [3.05, 3.63) is 35.4 Å². The predicted molar refractivity (Wildman–Crippen MR) is 115 cm³/mol. The monoisotopic (exact) mass is 371 g/mol. The van der Waals surface area contributed by atoms with E-state index >= 15 is 0 Å². The van der Waals surface area contributed by atoms with Gasteiger partial charge in [-0.3, -0.25) is 0 Å². The van der Waals surface area contributed by atoms with Crippen LogP contribution in [0.4, 0.5) is 0 Å². The molecule has 1 aliphatic carbocycles. The van der Waals surface area contributed by atoms with Crippen LogP contribution in [0.3, 0.4) is 0 Å². The molecule has 0 radical (unpaired) electrons. The molecule has 0 amide bonds. The molecular weight excluding hydrogens is 330 g/mol. The quantitative estimate of drug-likeness (QED) is 0.778. The van der Waals surface area contributed by atoms with Crippen LogP contribution in [0.15, 0.2) is 24.3 Å². The van der Waals surface area contributed by atoms with Crippen LogP contribution in [0.2, 0.25) is 0 Å². The second-order valence-electron chi connectivity index (χ2n) is 11.0. The maximum Gasteiger partial charge on any atom is 0.0568 e. The summed E-state index contributed by atoms with van der Waals surface area (Å²) in [7, 11) is 0. The minimum Gasteiger partial charge on any atom is -0.393 e. The Labute approximate surface area is 167 Å². The van der Waals surface area contributed by atoms with Crippen LogP contribution in [-0.2, 0) is 11.8 Å². The van der Waals surface area contributed by atoms with Crippen LogP contribution in [0, 0.1) is 23.2 Å². The van der Waals surface area contributed by atoms with Gasteiger partial charge in [0.1, 0.15) is 0 Å². The van der Waals surface area contributed by atoms with E-state index in [-0.39, 0.29) is 11.5 Å². The lowest BCUT2D eigenvalue weighted by Crippen LogP contribution is -2.54. The van der Waals surface area contributed by atoms with Gasteiger partial charge in [0.15, 0.2) is 0 Å². The van der Waals surface area contributed by atoms with Gasteiger partial charge in [0.2, 0.25) is 0 Å². The summed E-state index contributed by atoms with van der Waals surface area (Å²) >= 11 is 0. The van der Waals surface area contributed by atoms with Crippen molar-refractivity contribution in [2.75, 3.05) is 19.6 Å². The van der Waals surface area contributed by atoms with Crippen molar-refractivity contribution in [2.24, 2.45) is 23.2 Å². The highest BCUT2D eigenvalue weighted by atomic mass is 16.3. The molecule has 1 saturated heterocycles. The number of aliphatic hydroxyl groups is 1.